The monoisotopic (exact) mass is 1200 g/mol. The summed E-state index contributed by atoms with van der Waals surface area (Å²) in [4.78, 5) is 24.6. The summed E-state index contributed by atoms with van der Waals surface area (Å²) in [6, 6.07) is -0.625. The number of ether oxygens (including phenoxy) is 1. The van der Waals surface area contributed by atoms with Crippen LogP contribution in [0.4, 0.5) is 0 Å². The largest absolute Gasteiger partial charge is 0.466 e. The SMILES string of the molecule is CCCCCCCCCCCCCCC/C=C/C(O)C(CO)NC(=O)CCCCCCCCCCCCCCCCCCC/C=C\CCCCCCCCCCCCCCCCOC(=O)CCCCCCCCCCCCCCCCCCCC. The molecule has 6 nitrogen and oxygen atoms in total. The summed E-state index contributed by atoms with van der Waals surface area (Å²) in [5, 5.41) is 23.2. The lowest BCUT2D eigenvalue weighted by molar-refractivity contribution is -0.143. The van der Waals surface area contributed by atoms with Crippen LogP contribution >= 0.6 is 0 Å². The first-order valence-corrected chi connectivity index (χ1v) is 39.1. The predicted molar refractivity (Wildman–Crippen MR) is 375 cm³/mol. The van der Waals surface area contributed by atoms with Crippen LogP contribution in [-0.4, -0.2) is 47.4 Å². The van der Waals surface area contributed by atoms with Crippen molar-refractivity contribution in [3.63, 3.8) is 0 Å². The van der Waals surface area contributed by atoms with E-state index in [9.17, 15) is 19.8 Å². The molecule has 0 aromatic heterocycles. The second-order valence-electron chi connectivity index (χ2n) is 27.0. The number of esters is 1. The smallest absolute Gasteiger partial charge is 0.305 e. The van der Waals surface area contributed by atoms with E-state index in [-0.39, 0.29) is 18.5 Å². The van der Waals surface area contributed by atoms with Crippen LogP contribution in [0.5, 0.6) is 0 Å². The molecular weight excluding hydrogens is 1040 g/mol. The van der Waals surface area contributed by atoms with E-state index in [1.165, 1.54) is 379 Å². The summed E-state index contributed by atoms with van der Waals surface area (Å²) in [6.07, 6.45) is 95.9. The molecule has 0 radical (unpaired) electrons. The molecular formula is C79H153NO5. The molecule has 504 valence electrons. The van der Waals surface area contributed by atoms with Gasteiger partial charge in [0.25, 0.3) is 0 Å². The van der Waals surface area contributed by atoms with Gasteiger partial charge < -0.3 is 20.3 Å². The molecule has 2 atom stereocenters. The van der Waals surface area contributed by atoms with E-state index in [2.05, 4.69) is 31.3 Å². The maximum atomic E-state index is 12.5. The van der Waals surface area contributed by atoms with Crippen molar-refractivity contribution < 1.29 is 24.5 Å². The van der Waals surface area contributed by atoms with E-state index in [4.69, 9.17) is 4.74 Å². The van der Waals surface area contributed by atoms with Gasteiger partial charge in [0.15, 0.2) is 0 Å². The fraction of sp³-hybridized carbons (Fsp3) is 0.924. The highest BCUT2D eigenvalue weighted by molar-refractivity contribution is 5.76. The Morgan fingerprint density at radius 2 is 0.553 bits per heavy atom. The van der Waals surface area contributed by atoms with Crippen LogP contribution in [0.1, 0.15) is 444 Å². The van der Waals surface area contributed by atoms with Crippen molar-refractivity contribution in [1.29, 1.82) is 0 Å². The van der Waals surface area contributed by atoms with Crippen molar-refractivity contribution >= 4 is 11.9 Å². The normalized spacial score (nSPS) is 12.6. The summed E-state index contributed by atoms with van der Waals surface area (Å²) in [5.74, 6) is -0.0361. The number of aliphatic hydroxyl groups is 2. The fourth-order valence-corrected chi connectivity index (χ4v) is 12.5. The van der Waals surface area contributed by atoms with Gasteiger partial charge in [-0.3, -0.25) is 9.59 Å². The van der Waals surface area contributed by atoms with E-state index < -0.39 is 12.1 Å². The number of rotatable bonds is 74. The van der Waals surface area contributed by atoms with Crippen LogP contribution in [0.3, 0.4) is 0 Å². The third kappa shape index (κ3) is 71.3. The Bertz CT molecular complexity index is 1330. The zero-order valence-electron chi connectivity index (χ0n) is 57.9. The Morgan fingerprint density at radius 1 is 0.318 bits per heavy atom. The number of nitrogens with one attached hydrogen (secondary N) is 1. The molecule has 0 heterocycles. The Labute approximate surface area is 532 Å². The molecule has 0 bridgehead atoms. The molecule has 0 saturated heterocycles. The second-order valence-corrected chi connectivity index (χ2v) is 27.0. The van der Waals surface area contributed by atoms with E-state index in [1.54, 1.807) is 6.08 Å². The second kappa shape index (κ2) is 74.8. The average molecular weight is 1200 g/mol. The number of carbonyl (C=O) groups excluding carboxylic acids is 2. The molecule has 85 heavy (non-hydrogen) atoms. The summed E-state index contributed by atoms with van der Waals surface area (Å²) in [7, 11) is 0. The lowest BCUT2D eigenvalue weighted by Gasteiger charge is -2.20. The van der Waals surface area contributed by atoms with E-state index in [0.717, 1.165) is 38.5 Å². The number of allylic oxidation sites excluding steroid dienone is 3. The molecule has 0 saturated carbocycles. The molecule has 2 unspecified atom stereocenters. The van der Waals surface area contributed by atoms with Gasteiger partial charge in [0.1, 0.15) is 0 Å². The third-order valence-corrected chi connectivity index (χ3v) is 18.5. The predicted octanol–water partition coefficient (Wildman–Crippen LogP) is 25.7. The van der Waals surface area contributed by atoms with Crippen LogP contribution in [0.25, 0.3) is 0 Å². The minimum absolute atomic E-state index is 0.0253. The van der Waals surface area contributed by atoms with Gasteiger partial charge in [0, 0.05) is 12.8 Å². The van der Waals surface area contributed by atoms with E-state index in [0.29, 0.717) is 19.4 Å². The Balaban J connectivity index is 3.33. The Kier molecular flexibility index (Phi) is 73.3. The minimum atomic E-state index is -0.841. The van der Waals surface area contributed by atoms with Crippen LogP contribution in [0, 0.1) is 0 Å². The number of carbonyl (C=O) groups is 2. The van der Waals surface area contributed by atoms with Crippen molar-refractivity contribution in [3.8, 4) is 0 Å². The minimum Gasteiger partial charge on any atom is -0.466 e. The van der Waals surface area contributed by atoms with Gasteiger partial charge in [-0.1, -0.05) is 398 Å². The molecule has 6 heteroatoms. The number of amides is 1. The van der Waals surface area contributed by atoms with Crippen molar-refractivity contribution in [2.45, 2.75) is 456 Å². The zero-order valence-corrected chi connectivity index (χ0v) is 57.9. The molecule has 3 N–H and O–H groups in total. The van der Waals surface area contributed by atoms with Crippen LogP contribution < -0.4 is 5.32 Å². The molecule has 0 aliphatic heterocycles. The first kappa shape index (κ1) is 83.3. The first-order chi connectivity index (χ1) is 42.0. The zero-order chi connectivity index (χ0) is 61.3. The molecule has 1 amide bonds. The Morgan fingerprint density at radius 3 is 0.835 bits per heavy atom. The topological polar surface area (TPSA) is 95.9 Å². The highest BCUT2D eigenvalue weighted by Crippen LogP contribution is 2.20. The lowest BCUT2D eigenvalue weighted by atomic mass is 10.0. The molecule has 0 fully saturated rings. The van der Waals surface area contributed by atoms with Gasteiger partial charge >= 0.3 is 5.97 Å². The lowest BCUT2D eigenvalue weighted by Crippen LogP contribution is -2.45. The standard InChI is InChI=1S/C79H153NO5/c1-3-5-7-9-11-13-15-17-19-20-41-45-49-53-57-61-65-69-73-79(84)85-74-70-66-62-58-54-50-46-42-39-37-35-33-31-29-27-25-23-21-22-24-26-28-30-32-34-36-38-40-44-48-52-56-60-64-68-72-78(83)80-76(75-81)77(82)71-67-63-59-55-51-47-43-18-16-14-12-10-8-6-4-2/h23,25,67,71,76-77,81-82H,3-22,24,26-66,68-70,72-75H2,1-2H3,(H,80,83)/b25-23-,71-67+. The highest BCUT2D eigenvalue weighted by Gasteiger charge is 2.18. The molecule has 0 aliphatic carbocycles. The maximum Gasteiger partial charge on any atom is 0.305 e. The average Bonchev–Trinajstić information content (AvgIpc) is 3.51. The number of hydrogen-bond donors (Lipinski definition) is 3. The first-order valence-electron chi connectivity index (χ1n) is 39.1. The van der Waals surface area contributed by atoms with Crippen molar-refractivity contribution in [3.05, 3.63) is 24.3 Å². The number of unbranched alkanes of at least 4 members (excludes halogenated alkanes) is 61. The van der Waals surface area contributed by atoms with Gasteiger partial charge in [0.2, 0.25) is 5.91 Å². The molecule has 0 spiro atoms. The summed E-state index contributed by atoms with van der Waals surface area (Å²) >= 11 is 0. The van der Waals surface area contributed by atoms with Crippen LogP contribution in [0.2, 0.25) is 0 Å². The van der Waals surface area contributed by atoms with Gasteiger partial charge in [0.05, 0.1) is 25.4 Å². The van der Waals surface area contributed by atoms with Crippen LogP contribution in [-0.2, 0) is 14.3 Å². The molecule has 0 aliphatic rings. The molecule has 0 aromatic carbocycles. The van der Waals surface area contributed by atoms with E-state index in [1.807, 2.05) is 6.08 Å². The van der Waals surface area contributed by atoms with Gasteiger partial charge in [-0.2, -0.15) is 0 Å². The van der Waals surface area contributed by atoms with Crippen molar-refractivity contribution in [2.75, 3.05) is 13.2 Å². The van der Waals surface area contributed by atoms with Gasteiger partial charge in [-0.05, 0) is 57.8 Å². The molecule has 0 rings (SSSR count). The van der Waals surface area contributed by atoms with Gasteiger partial charge in [-0.25, -0.2) is 0 Å². The quantitative estimate of drug-likeness (QED) is 0.0320. The Hall–Kier alpha value is -1.66. The van der Waals surface area contributed by atoms with Crippen LogP contribution in [0.15, 0.2) is 24.3 Å². The summed E-state index contributed by atoms with van der Waals surface area (Å²) in [5.41, 5.74) is 0. The van der Waals surface area contributed by atoms with Crippen molar-refractivity contribution in [2.24, 2.45) is 0 Å². The number of hydrogen-bond acceptors (Lipinski definition) is 5. The summed E-state index contributed by atoms with van der Waals surface area (Å²) in [6.45, 7) is 4.95. The van der Waals surface area contributed by atoms with Gasteiger partial charge in [-0.15, -0.1) is 0 Å². The highest BCUT2D eigenvalue weighted by atomic mass is 16.5. The summed E-state index contributed by atoms with van der Waals surface area (Å²) < 4.78 is 5.52. The fourth-order valence-electron chi connectivity index (χ4n) is 12.5. The maximum absolute atomic E-state index is 12.5. The molecule has 0 aromatic rings. The van der Waals surface area contributed by atoms with E-state index >= 15 is 0 Å². The van der Waals surface area contributed by atoms with Crippen molar-refractivity contribution in [1.82, 2.24) is 5.32 Å². The number of aliphatic hydroxyl groups excluding tert-OH is 2. The third-order valence-electron chi connectivity index (χ3n) is 18.5.